The quantitative estimate of drug-likeness (QED) is 0.771. The van der Waals surface area contributed by atoms with E-state index in [1.165, 1.54) is 10.5 Å². The van der Waals surface area contributed by atoms with Gasteiger partial charge in [0.1, 0.15) is 0 Å². The molecule has 0 atom stereocenters. The Morgan fingerprint density at radius 1 is 1.21 bits per heavy atom. The van der Waals surface area contributed by atoms with E-state index in [9.17, 15) is 5.11 Å². The van der Waals surface area contributed by atoms with Crippen LogP contribution >= 0.6 is 11.8 Å². The summed E-state index contributed by atoms with van der Waals surface area (Å²) in [6.45, 7) is 5.82. The summed E-state index contributed by atoms with van der Waals surface area (Å²) < 4.78 is 0. The molecule has 0 aliphatic rings. The second kappa shape index (κ2) is 4.85. The van der Waals surface area contributed by atoms with Gasteiger partial charge < -0.3 is 5.11 Å². The Morgan fingerprint density at radius 3 is 2.21 bits per heavy atom. The molecular weight excluding hydrogens is 192 g/mol. The third-order valence-corrected chi connectivity index (χ3v) is 2.77. The van der Waals surface area contributed by atoms with Crippen LogP contribution in [0.4, 0.5) is 0 Å². The number of hydrogen-bond donors (Lipinski definition) is 1. The van der Waals surface area contributed by atoms with Crippen molar-refractivity contribution >= 4 is 11.8 Å². The van der Waals surface area contributed by atoms with Crippen LogP contribution in [0.2, 0.25) is 0 Å². The van der Waals surface area contributed by atoms with Gasteiger partial charge in [-0.3, -0.25) is 0 Å². The van der Waals surface area contributed by atoms with Crippen LogP contribution in [-0.4, -0.2) is 16.5 Å². The maximum Gasteiger partial charge on any atom is 0.0631 e. The number of rotatable bonds is 4. The lowest BCUT2D eigenvalue weighted by atomic mass is 9.99. The van der Waals surface area contributed by atoms with E-state index < -0.39 is 5.60 Å². The fourth-order valence-corrected chi connectivity index (χ4v) is 2.03. The molecule has 0 unspecified atom stereocenters. The molecule has 1 aromatic rings. The average molecular weight is 210 g/mol. The Balaban J connectivity index is 2.64. The van der Waals surface area contributed by atoms with Crippen molar-refractivity contribution in [3.05, 3.63) is 29.8 Å². The van der Waals surface area contributed by atoms with Crippen molar-refractivity contribution < 1.29 is 5.11 Å². The van der Waals surface area contributed by atoms with E-state index >= 15 is 0 Å². The van der Waals surface area contributed by atoms with E-state index in [0.717, 1.165) is 5.75 Å². The Bertz CT molecular complexity index is 271. The Morgan fingerprint density at radius 2 is 1.79 bits per heavy atom. The highest BCUT2D eigenvalue weighted by Gasteiger charge is 2.12. The van der Waals surface area contributed by atoms with E-state index in [0.29, 0.717) is 6.42 Å². The number of thioether (sulfide) groups is 1. The van der Waals surface area contributed by atoms with Crippen LogP contribution in [0.3, 0.4) is 0 Å². The molecule has 0 aliphatic heterocycles. The number of benzene rings is 1. The van der Waals surface area contributed by atoms with Crippen LogP contribution in [0.5, 0.6) is 0 Å². The normalized spacial score (nSPS) is 11.7. The van der Waals surface area contributed by atoms with Crippen LogP contribution in [0.1, 0.15) is 26.3 Å². The van der Waals surface area contributed by atoms with Gasteiger partial charge in [-0.15, -0.1) is 11.8 Å². The van der Waals surface area contributed by atoms with Gasteiger partial charge in [-0.1, -0.05) is 19.1 Å². The highest BCUT2D eigenvalue weighted by Crippen LogP contribution is 2.19. The SMILES string of the molecule is CCSc1ccc(CC(C)(C)O)cc1. The first-order valence-electron chi connectivity index (χ1n) is 4.95. The molecule has 1 rings (SSSR count). The molecule has 0 aromatic heterocycles. The molecule has 14 heavy (non-hydrogen) atoms. The summed E-state index contributed by atoms with van der Waals surface area (Å²) in [6.07, 6.45) is 0.712. The van der Waals surface area contributed by atoms with Gasteiger partial charge in [0.2, 0.25) is 0 Å². The van der Waals surface area contributed by atoms with Crippen LogP contribution in [0.25, 0.3) is 0 Å². The van der Waals surface area contributed by atoms with Gasteiger partial charge in [0.05, 0.1) is 5.60 Å². The highest BCUT2D eigenvalue weighted by atomic mass is 32.2. The summed E-state index contributed by atoms with van der Waals surface area (Å²) in [4.78, 5) is 1.30. The smallest absolute Gasteiger partial charge is 0.0631 e. The second-order valence-electron chi connectivity index (χ2n) is 4.07. The second-order valence-corrected chi connectivity index (χ2v) is 5.40. The standard InChI is InChI=1S/C12H18OS/c1-4-14-11-7-5-10(6-8-11)9-12(2,3)13/h5-8,13H,4,9H2,1-3H3. The van der Waals surface area contributed by atoms with Gasteiger partial charge >= 0.3 is 0 Å². The monoisotopic (exact) mass is 210 g/mol. The van der Waals surface area contributed by atoms with Crippen molar-refractivity contribution in [2.75, 3.05) is 5.75 Å². The van der Waals surface area contributed by atoms with Crippen LogP contribution in [0, 0.1) is 0 Å². The molecule has 0 fully saturated rings. The molecule has 0 spiro atoms. The maximum atomic E-state index is 9.64. The lowest BCUT2D eigenvalue weighted by molar-refractivity contribution is 0.0810. The van der Waals surface area contributed by atoms with Gasteiger partial charge in [0.15, 0.2) is 0 Å². The summed E-state index contributed by atoms with van der Waals surface area (Å²) in [5.41, 5.74) is 0.581. The largest absolute Gasteiger partial charge is 0.390 e. The summed E-state index contributed by atoms with van der Waals surface area (Å²) in [7, 11) is 0. The molecule has 0 aliphatic carbocycles. The van der Waals surface area contributed by atoms with Crippen LogP contribution in [-0.2, 0) is 6.42 Å². The first kappa shape index (κ1) is 11.6. The lowest BCUT2D eigenvalue weighted by Crippen LogP contribution is -2.21. The molecular formula is C12H18OS. The first-order chi connectivity index (χ1) is 6.51. The summed E-state index contributed by atoms with van der Waals surface area (Å²) in [5.74, 6) is 1.10. The molecule has 0 heterocycles. The summed E-state index contributed by atoms with van der Waals surface area (Å²) in [5, 5.41) is 9.64. The van der Waals surface area contributed by atoms with Gasteiger partial charge in [-0.2, -0.15) is 0 Å². The van der Waals surface area contributed by atoms with Gasteiger partial charge in [0, 0.05) is 11.3 Å². The minimum absolute atomic E-state index is 0.612. The van der Waals surface area contributed by atoms with Crippen LogP contribution < -0.4 is 0 Å². The lowest BCUT2D eigenvalue weighted by Gasteiger charge is -2.16. The zero-order chi connectivity index (χ0) is 10.6. The molecule has 0 radical (unpaired) electrons. The third-order valence-electron chi connectivity index (χ3n) is 1.87. The van der Waals surface area contributed by atoms with Crippen molar-refractivity contribution in [1.29, 1.82) is 0 Å². The van der Waals surface area contributed by atoms with Crippen molar-refractivity contribution in [1.82, 2.24) is 0 Å². The number of hydrogen-bond acceptors (Lipinski definition) is 2. The molecule has 1 nitrogen and oxygen atoms in total. The fourth-order valence-electron chi connectivity index (χ4n) is 1.37. The molecule has 1 aromatic carbocycles. The molecule has 0 bridgehead atoms. The van der Waals surface area contributed by atoms with Crippen LogP contribution in [0.15, 0.2) is 29.2 Å². The zero-order valence-electron chi connectivity index (χ0n) is 9.08. The van der Waals surface area contributed by atoms with Gasteiger partial charge in [-0.05, 0) is 37.3 Å². The fraction of sp³-hybridized carbons (Fsp3) is 0.500. The molecule has 78 valence electrons. The molecule has 2 heteroatoms. The zero-order valence-corrected chi connectivity index (χ0v) is 9.90. The molecule has 0 saturated heterocycles. The predicted molar refractivity (Wildman–Crippen MR) is 62.8 cm³/mol. The molecule has 0 amide bonds. The van der Waals surface area contributed by atoms with E-state index in [4.69, 9.17) is 0 Å². The van der Waals surface area contributed by atoms with Crippen molar-refractivity contribution in [2.45, 2.75) is 37.7 Å². The van der Waals surface area contributed by atoms with E-state index in [-0.39, 0.29) is 0 Å². The predicted octanol–water partition coefficient (Wildman–Crippen LogP) is 3.11. The minimum atomic E-state index is -0.612. The molecule has 0 saturated carbocycles. The third kappa shape index (κ3) is 4.16. The van der Waals surface area contributed by atoms with E-state index in [2.05, 4.69) is 31.2 Å². The molecule has 1 N–H and O–H groups in total. The van der Waals surface area contributed by atoms with Gasteiger partial charge in [-0.25, -0.2) is 0 Å². The van der Waals surface area contributed by atoms with Crippen molar-refractivity contribution in [3.63, 3.8) is 0 Å². The highest BCUT2D eigenvalue weighted by molar-refractivity contribution is 7.99. The van der Waals surface area contributed by atoms with E-state index in [1.54, 1.807) is 0 Å². The van der Waals surface area contributed by atoms with Crippen molar-refractivity contribution in [2.24, 2.45) is 0 Å². The first-order valence-corrected chi connectivity index (χ1v) is 5.94. The average Bonchev–Trinajstić information content (AvgIpc) is 2.06. The number of aliphatic hydroxyl groups is 1. The van der Waals surface area contributed by atoms with E-state index in [1.807, 2.05) is 25.6 Å². The van der Waals surface area contributed by atoms with Crippen molar-refractivity contribution in [3.8, 4) is 0 Å². The maximum absolute atomic E-state index is 9.64. The Labute approximate surface area is 90.5 Å². The summed E-state index contributed by atoms with van der Waals surface area (Å²) >= 11 is 1.84. The Kier molecular flexibility index (Phi) is 4.02. The minimum Gasteiger partial charge on any atom is -0.390 e. The Hall–Kier alpha value is -0.470. The van der Waals surface area contributed by atoms with Gasteiger partial charge in [0.25, 0.3) is 0 Å². The topological polar surface area (TPSA) is 20.2 Å². The summed E-state index contributed by atoms with van der Waals surface area (Å²) in [6, 6.07) is 8.43.